The molecule has 7 nitrogen and oxygen atoms in total. The van der Waals surface area contributed by atoms with Gasteiger partial charge >= 0.3 is 0 Å². The highest BCUT2D eigenvalue weighted by atomic mass is 16.1. The zero-order valence-corrected chi connectivity index (χ0v) is 16.7. The summed E-state index contributed by atoms with van der Waals surface area (Å²) in [5.41, 5.74) is 3.35. The van der Waals surface area contributed by atoms with Crippen molar-refractivity contribution in [1.82, 2.24) is 15.0 Å². The number of nitrogens with zero attached hydrogens (tertiary/aromatic N) is 5. The molecule has 0 bridgehead atoms. The van der Waals surface area contributed by atoms with Gasteiger partial charge in [-0.25, -0.2) is 15.0 Å². The molecule has 7 heteroatoms. The van der Waals surface area contributed by atoms with E-state index in [-0.39, 0.29) is 5.91 Å². The van der Waals surface area contributed by atoms with Crippen molar-refractivity contribution in [1.29, 1.82) is 0 Å². The summed E-state index contributed by atoms with van der Waals surface area (Å²) >= 11 is 0. The quantitative estimate of drug-likeness (QED) is 0.740. The standard InChI is InChI=1S/C22H24N6O/c1-16-13-17(2)15-18(14-16)25-21(29)19-6-8-24-22(26-19)28-11-9-27(10-12-28)20-5-3-4-7-23-20/h3-8,13-15H,9-12H2,1-2H3,(H,25,29). The number of piperazine rings is 1. The molecule has 0 unspecified atom stereocenters. The molecule has 0 atom stereocenters. The smallest absolute Gasteiger partial charge is 0.274 e. The summed E-state index contributed by atoms with van der Waals surface area (Å²) in [6.07, 6.45) is 3.45. The summed E-state index contributed by atoms with van der Waals surface area (Å²) in [6, 6.07) is 13.5. The Kier molecular flexibility index (Phi) is 5.37. The van der Waals surface area contributed by atoms with Gasteiger partial charge in [-0.15, -0.1) is 0 Å². The lowest BCUT2D eigenvalue weighted by Gasteiger charge is -2.35. The van der Waals surface area contributed by atoms with E-state index in [9.17, 15) is 4.79 Å². The third-order valence-corrected chi connectivity index (χ3v) is 4.89. The van der Waals surface area contributed by atoms with Crippen LogP contribution in [0.5, 0.6) is 0 Å². The summed E-state index contributed by atoms with van der Waals surface area (Å²) in [5, 5.41) is 2.93. The van der Waals surface area contributed by atoms with Gasteiger partial charge in [0.15, 0.2) is 0 Å². The lowest BCUT2D eigenvalue weighted by molar-refractivity contribution is 0.102. The van der Waals surface area contributed by atoms with Crippen molar-refractivity contribution in [2.24, 2.45) is 0 Å². The molecule has 0 saturated carbocycles. The fraction of sp³-hybridized carbons (Fsp3) is 0.273. The van der Waals surface area contributed by atoms with Gasteiger partial charge in [0, 0.05) is 44.3 Å². The van der Waals surface area contributed by atoms with E-state index in [0.717, 1.165) is 48.8 Å². The fourth-order valence-electron chi connectivity index (χ4n) is 3.55. The van der Waals surface area contributed by atoms with Crippen LogP contribution in [0.2, 0.25) is 0 Å². The maximum absolute atomic E-state index is 12.7. The third-order valence-electron chi connectivity index (χ3n) is 4.89. The highest BCUT2D eigenvalue weighted by Crippen LogP contribution is 2.17. The first kappa shape index (κ1) is 18.9. The Bertz CT molecular complexity index is 979. The minimum atomic E-state index is -0.231. The van der Waals surface area contributed by atoms with Gasteiger partial charge in [-0.3, -0.25) is 4.79 Å². The van der Waals surface area contributed by atoms with Gasteiger partial charge in [0.2, 0.25) is 5.95 Å². The Hall–Kier alpha value is -3.48. The number of amides is 1. The molecule has 148 valence electrons. The number of hydrogen-bond donors (Lipinski definition) is 1. The number of pyridine rings is 1. The van der Waals surface area contributed by atoms with E-state index in [4.69, 9.17) is 0 Å². The maximum Gasteiger partial charge on any atom is 0.274 e. The van der Waals surface area contributed by atoms with E-state index in [1.807, 2.05) is 50.4 Å². The molecule has 2 aromatic heterocycles. The van der Waals surface area contributed by atoms with Crippen LogP contribution in [0.4, 0.5) is 17.5 Å². The molecule has 1 N–H and O–H groups in total. The molecule has 1 aromatic carbocycles. The minimum absolute atomic E-state index is 0.231. The van der Waals surface area contributed by atoms with Crippen molar-refractivity contribution in [2.75, 3.05) is 41.3 Å². The molecule has 0 aliphatic carbocycles. The van der Waals surface area contributed by atoms with Crippen LogP contribution in [0.3, 0.4) is 0 Å². The monoisotopic (exact) mass is 388 g/mol. The van der Waals surface area contributed by atoms with E-state index in [2.05, 4.69) is 36.1 Å². The summed E-state index contributed by atoms with van der Waals surface area (Å²) in [7, 11) is 0. The van der Waals surface area contributed by atoms with Crippen molar-refractivity contribution in [3.8, 4) is 0 Å². The van der Waals surface area contributed by atoms with E-state index in [1.165, 1.54) is 0 Å². The van der Waals surface area contributed by atoms with Gasteiger partial charge in [-0.1, -0.05) is 12.1 Å². The SMILES string of the molecule is Cc1cc(C)cc(NC(=O)c2ccnc(N3CCN(c4ccccn4)CC3)n2)c1. The molecule has 1 fully saturated rings. The average molecular weight is 388 g/mol. The van der Waals surface area contributed by atoms with Gasteiger partial charge in [0.05, 0.1) is 0 Å². The number of carbonyl (C=O) groups excluding carboxylic acids is 1. The molecule has 1 amide bonds. The fourth-order valence-corrected chi connectivity index (χ4v) is 3.55. The molecule has 0 spiro atoms. The van der Waals surface area contributed by atoms with Crippen molar-refractivity contribution >= 4 is 23.4 Å². The van der Waals surface area contributed by atoms with Gasteiger partial charge in [0.1, 0.15) is 11.5 Å². The van der Waals surface area contributed by atoms with E-state index >= 15 is 0 Å². The summed E-state index contributed by atoms with van der Waals surface area (Å²) < 4.78 is 0. The molecule has 1 saturated heterocycles. The normalized spacial score (nSPS) is 14.0. The zero-order chi connectivity index (χ0) is 20.2. The summed E-state index contributed by atoms with van der Waals surface area (Å²) in [5.74, 6) is 1.33. The number of hydrogen-bond acceptors (Lipinski definition) is 6. The Morgan fingerprint density at radius 1 is 0.897 bits per heavy atom. The molecule has 29 heavy (non-hydrogen) atoms. The number of anilines is 3. The van der Waals surface area contributed by atoms with Crippen LogP contribution in [0.15, 0.2) is 54.9 Å². The zero-order valence-electron chi connectivity index (χ0n) is 16.7. The van der Waals surface area contributed by atoms with E-state index in [1.54, 1.807) is 12.3 Å². The van der Waals surface area contributed by atoms with Crippen LogP contribution in [0.25, 0.3) is 0 Å². The van der Waals surface area contributed by atoms with Gasteiger partial charge in [-0.05, 0) is 55.3 Å². The molecular formula is C22H24N6O. The predicted molar refractivity (Wildman–Crippen MR) is 115 cm³/mol. The van der Waals surface area contributed by atoms with Crippen molar-refractivity contribution in [2.45, 2.75) is 13.8 Å². The highest BCUT2D eigenvalue weighted by molar-refractivity contribution is 6.03. The lowest BCUT2D eigenvalue weighted by atomic mass is 10.1. The largest absolute Gasteiger partial charge is 0.353 e. The van der Waals surface area contributed by atoms with Gasteiger partial charge in [-0.2, -0.15) is 0 Å². The summed E-state index contributed by atoms with van der Waals surface area (Å²) in [4.78, 5) is 30.3. The van der Waals surface area contributed by atoms with Crippen LogP contribution in [-0.4, -0.2) is 47.0 Å². The first-order valence-corrected chi connectivity index (χ1v) is 9.72. The van der Waals surface area contributed by atoms with Crippen LogP contribution < -0.4 is 15.1 Å². The van der Waals surface area contributed by atoms with E-state index < -0.39 is 0 Å². The van der Waals surface area contributed by atoms with Gasteiger partial charge < -0.3 is 15.1 Å². The lowest BCUT2D eigenvalue weighted by Crippen LogP contribution is -2.47. The number of aryl methyl sites for hydroxylation is 2. The van der Waals surface area contributed by atoms with Crippen LogP contribution >= 0.6 is 0 Å². The predicted octanol–water partition coefficient (Wildman–Crippen LogP) is 3.07. The topological polar surface area (TPSA) is 74.2 Å². The number of aromatic nitrogens is 3. The van der Waals surface area contributed by atoms with Gasteiger partial charge in [0.25, 0.3) is 5.91 Å². The van der Waals surface area contributed by atoms with Crippen LogP contribution in [0.1, 0.15) is 21.6 Å². The first-order valence-electron chi connectivity index (χ1n) is 9.72. The molecular weight excluding hydrogens is 364 g/mol. The highest BCUT2D eigenvalue weighted by Gasteiger charge is 2.21. The number of rotatable bonds is 4. The van der Waals surface area contributed by atoms with E-state index in [0.29, 0.717) is 11.6 Å². The molecule has 1 aliphatic heterocycles. The second-order valence-corrected chi connectivity index (χ2v) is 7.23. The Labute approximate surface area is 170 Å². The Morgan fingerprint density at radius 2 is 1.62 bits per heavy atom. The van der Waals surface area contributed by atoms with Crippen LogP contribution in [0, 0.1) is 13.8 Å². The van der Waals surface area contributed by atoms with Crippen LogP contribution in [-0.2, 0) is 0 Å². The number of nitrogens with one attached hydrogen (secondary N) is 1. The first-order chi connectivity index (χ1) is 14.1. The molecule has 4 rings (SSSR count). The minimum Gasteiger partial charge on any atom is -0.353 e. The van der Waals surface area contributed by atoms with Crippen molar-refractivity contribution in [3.63, 3.8) is 0 Å². The Balaban J connectivity index is 1.43. The molecule has 3 heterocycles. The third kappa shape index (κ3) is 4.51. The Morgan fingerprint density at radius 3 is 2.31 bits per heavy atom. The summed E-state index contributed by atoms with van der Waals surface area (Å²) in [6.45, 7) is 7.24. The molecule has 3 aromatic rings. The number of carbonyl (C=O) groups is 1. The maximum atomic E-state index is 12.7. The second kappa shape index (κ2) is 8.26. The van der Waals surface area contributed by atoms with Crippen molar-refractivity contribution < 1.29 is 4.79 Å². The van der Waals surface area contributed by atoms with Crippen molar-refractivity contribution in [3.05, 3.63) is 71.7 Å². The average Bonchev–Trinajstić information content (AvgIpc) is 2.74. The molecule has 1 aliphatic rings. The molecule has 0 radical (unpaired) electrons. The second-order valence-electron chi connectivity index (χ2n) is 7.23. The number of benzene rings is 1.